The molecule has 11 nitrogen and oxygen atoms in total. The van der Waals surface area contributed by atoms with Crippen molar-refractivity contribution in [2.75, 3.05) is 13.2 Å². The summed E-state index contributed by atoms with van der Waals surface area (Å²) < 4.78 is 14.0. The fourth-order valence-electron chi connectivity index (χ4n) is 2.82. The predicted molar refractivity (Wildman–Crippen MR) is 91.5 cm³/mol. The smallest absolute Gasteiger partial charge is 0.481 e. The average molecular weight is 406 g/mol. The van der Waals surface area contributed by atoms with Crippen molar-refractivity contribution in [3.63, 3.8) is 0 Å². The molecule has 0 heterocycles. The Labute approximate surface area is 161 Å². The van der Waals surface area contributed by atoms with Gasteiger partial charge in [-0.25, -0.2) is 9.59 Å². The second kappa shape index (κ2) is 10.5. The Morgan fingerprint density at radius 2 is 1.43 bits per heavy atom. The summed E-state index contributed by atoms with van der Waals surface area (Å²) in [5.74, 6) is -10.1. The van der Waals surface area contributed by atoms with Crippen molar-refractivity contribution in [1.82, 2.24) is 0 Å². The summed E-state index contributed by atoms with van der Waals surface area (Å²) in [6.45, 7) is 4.75. The highest BCUT2D eigenvalue weighted by Gasteiger charge is 2.71. The minimum Gasteiger partial charge on any atom is -0.481 e. The van der Waals surface area contributed by atoms with E-state index in [-0.39, 0.29) is 19.6 Å². The van der Waals surface area contributed by atoms with Crippen molar-refractivity contribution >= 4 is 30.0 Å². The lowest BCUT2D eigenvalue weighted by Gasteiger charge is -2.43. The molecule has 0 aliphatic rings. The summed E-state index contributed by atoms with van der Waals surface area (Å²) in [4.78, 5) is 60.5. The molecule has 3 N–H and O–H groups in total. The first-order valence-corrected chi connectivity index (χ1v) is 8.68. The molecule has 0 aromatic heterocycles. The van der Waals surface area contributed by atoms with E-state index in [0.717, 1.165) is 6.92 Å². The van der Waals surface area contributed by atoms with Gasteiger partial charge in [0.1, 0.15) is 5.41 Å². The van der Waals surface area contributed by atoms with Crippen LogP contribution in [-0.2, 0) is 33.4 Å². The maximum absolute atomic E-state index is 12.3. The average Bonchev–Trinajstić information content (AvgIpc) is 2.58. The molecule has 0 radical (unpaired) electrons. The Balaban J connectivity index is 6.94. The molecule has 28 heavy (non-hydrogen) atoms. The number of carbonyl (C=O) groups is 5. The number of esters is 1. The quantitative estimate of drug-likeness (QED) is 0.316. The topological polar surface area (TPSA) is 174 Å². The third-order valence-corrected chi connectivity index (χ3v) is 4.32. The van der Waals surface area contributed by atoms with Crippen LogP contribution in [0.4, 0.5) is 4.79 Å². The molecule has 0 spiro atoms. The van der Waals surface area contributed by atoms with Gasteiger partial charge in [0.2, 0.25) is 5.92 Å². The minimum atomic E-state index is -3.32. The second-order valence-corrected chi connectivity index (χ2v) is 6.09. The molecular weight excluding hydrogens is 380 g/mol. The third kappa shape index (κ3) is 4.90. The first-order chi connectivity index (χ1) is 13.0. The summed E-state index contributed by atoms with van der Waals surface area (Å²) in [6, 6.07) is 0. The van der Waals surface area contributed by atoms with E-state index in [2.05, 4.69) is 9.47 Å². The van der Waals surface area contributed by atoms with Gasteiger partial charge in [-0.2, -0.15) is 0 Å². The van der Waals surface area contributed by atoms with Gasteiger partial charge in [0.05, 0.1) is 13.2 Å². The molecule has 0 saturated heterocycles. The number of carbonyl (C=O) groups excluding carboxylic acids is 2. The molecule has 0 rings (SSSR count). The first kappa shape index (κ1) is 25.1. The lowest BCUT2D eigenvalue weighted by atomic mass is 9.63. The van der Waals surface area contributed by atoms with Crippen molar-refractivity contribution < 1.29 is 53.5 Å². The van der Waals surface area contributed by atoms with Gasteiger partial charge in [0, 0.05) is 0 Å². The van der Waals surface area contributed by atoms with E-state index in [1.165, 1.54) is 13.8 Å². The van der Waals surface area contributed by atoms with Gasteiger partial charge in [-0.3, -0.25) is 14.4 Å². The largest absolute Gasteiger partial charge is 0.509 e. The van der Waals surface area contributed by atoms with Crippen molar-refractivity contribution in [3.8, 4) is 0 Å². The van der Waals surface area contributed by atoms with E-state index < -0.39 is 53.4 Å². The lowest BCUT2D eigenvalue weighted by molar-refractivity contribution is -0.211. The molecule has 0 aromatic carbocycles. The number of ether oxygens (including phenoxy) is 3. The van der Waals surface area contributed by atoms with Gasteiger partial charge in [0.25, 0.3) is 5.60 Å². The van der Waals surface area contributed by atoms with Crippen LogP contribution in [0.2, 0.25) is 0 Å². The van der Waals surface area contributed by atoms with E-state index in [9.17, 15) is 39.3 Å². The van der Waals surface area contributed by atoms with Gasteiger partial charge in [0.15, 0.2) is 0 Å². The molecular formula is C17H26O11. The second-order valence-electron chi connectivity index (χ2n) is 6.09. The third-order valence-electron chi connectivity index (χ3n) is 4.32. The van der Waals surface area contributed by atoms with Crippen LogP contribution in [0.15, 0.2) is 0 Å². The van der Waals surface area contributed by atoms with Crippen molar-refractivity contribution in [3.05, 3.63) is 0 Å². The summed E-state index contributed by atoms with van der Waals surface area (Å²) in [5.41, 5.74) is -5.81. The first-order valence-electron chi connectivity index (χ1n) is 8.68. The van der Waals surface area contributed by atoms with Crippen molar-refractivity contribution in [1.29, 1.82) is 0 Å². The van der Waals surface area contributed by atoms with E-state index in [1.807, 2.05) is 0 Å². The van der Waals surface area contributed by atoms with Gasteiger partial charge >= 0.3 is 30.0 Å². The monoisotopic (exact) mass is 406 g/mol. The van der Waals surface area contributed by atoms with Crippen LogP contribution in [-0.4, -0.2) is 64.2 Å². The molecule has 3 atom stereocenters. The number of hydrogen-bond donors (Lipinski definition) is 3. The Morgan fingerprint density at radius 1 is 0.893 bits per heavy atom. The Kier molecular flexibility index (Phi) is 9.41. The van der Waals surface area contributed by atoms with Crippen LogP contribution in [0.5, 0.6) is 0 Å². The van der Waals surface area contributed by atoms with E-state index in [4.69, 9.17) is 4.74 Å². The number of unbranched alkanes of at least 4 members (excludes halogenated alkanes) is 1. The standard InChI is InChI=1S/C17H26O11/c1-5-8-9-16(4,13(21)22)17(14(23)24,28-15(25)27-7-3)10(11(18)19)12(20)26-6-2/h10H,5-9H2,1-4H3,(H,18,19)(H,21,22)(H,23,24). The Hall–Kier alpha value is -2.85. The summed E-state index contributed by atoms with van der Waals surface area (Å²) in [6.07, 6.45) is -1.44. The predicted octanol–water partition coefficient (Wildman–Crippen LogP) is 1.53. The number of hydrogen-bond acceptors (Lipinski definition) is 8. The summed E-state index contributed by atoms with van der Waals surface area (Å²) in [7, 11) is 0. The number of rotatable bonds is 12. The zero-order valence-electron chi connectivity index (χ0n) is 16.2. The van der Waals surface area contributed by atoms with Crippen LogP contribution in [0.25, 0.3) is 0 Å². The molecule has 0 fully saturated rings. The Morgan fingerprint density at radius 3 is 1.79 bits per heavy atom. The molecule has 0 amide bonds. The number of aliphatic carboxylic acids is 3. The van der Waals surface area contributed by atoms with Crippen molar-refractivity contribution in [2.45, 2.75) is 52.6 Å². The number of carboxylic acid groups (broad SMARTS) is 3. The molecule has 0 bridgehead atoms. The fraction of sp³-hybridized carbons (Fsp3) is 0.706. The van der Waals surface area contributed by atoms with Gasteiger partial charge in [-0.1, -0.05) is 19.8 Å². The zero-order valence-corrected chi connectivity index (χ0v) is 16.2. The fourth-order valence-corrected chi connectivity index (χ4v) is 2.82. The normalized spacial score (nSPS) is 16.0. The number of carboxylic acids is 3. The van der Waals surface area contributed by atoms with Gasteiger partial charge in [-0.05, 0) is 27.2 Å². The molecule has 3 unspecified atom stereocenters. The van der Waals surface area contributed by atoms with Crippen molar-refractivity contribution in [2.24, 2.45) is 11.3 Å². The highest BCUT2D eigenvalue weighted by Crippen LogP contribution is 2.46. The van der Waals surface area contributed by atoms with E-state index >= 15 is 0 Å². The van der Waals surface area contributed by atoms with E-state index in [1.54, 1.807) is 6.92 Å². The molecule has 0 aliphatic carbocycles. The van der Waals surface area contributed by atoms with E-state index in [0.29, 0.717) is 6.42 Å². The van der Waals surface area contributed by atoms with Crippen LogP contribution >= 0.6 is 0 Å². The maximum atomic E-state index is 12.3. The van der Waals surface area contributed by atoms with Crippen LogP contribution in [0.1, 0.15) is 47.0 Å². The van der Waals surface area contributed by atoms with Crippen LogP contribution in [0.3, 0.4) is 0 Å². The highest BCUT2D eigenvalue weighted by atomic mass is 16.7. The molecule has 11 heteroatoms. The molecule has 160 valence electrons. The minimum absolute atomic E-state index is 0.152. The van der Waals surface area contributed by atoms with Gasteiger partial charge < -0.3 is 29.5 Å². The lowest BCUT2D eigenvalue weighted by Crippen LogP contribution is -2.67. The molecule has 0 aliphatic heterocycles. The zero-order chi connectivity index (χ0) is 22.1. The summed E-state index contributed by atoms with van der Waals surface area (Å²) >= 11 is 0. The van der Waals surface area contributed by atoms with Crippen LogP contribution in [0, 0.1) is 11.3 Å². The highest BCUT2D eigenvalue weighted by molar-refractivity contribution is 6.04. The maximum Gasteiger partial charge on any atom is 0.509 e. The van der Waals surface area contributed by atoms with Crippen LogP contribution < -0.4 is 0 Å². The van der Waals surface area contributed by atoms with Gasteiger partial charge in [-0.15, -0.1) is 0 Å². The SMILES string of the molecule is CCCCC(C)(C(=O)O)C(OC(=O)OCC)(C(=O)O)C(C(=O)O)C(=O)OCC. The molecule has 0 saturated carbocycles. The summed E-state index contributed by atoms with van der Waals surface area (Å²) in [5, 5.41) is 29.3. The Bertz CT molecular complexity index is 614. The molecule has 0 aromatic rings.